The van der Waals surface area contributed by atoms with Gasteiger partial charge in [-0.3, -0.25) is 9.67 Å². The molecule has 20 heavy (non-hydrogen) atoms. The quantitative estimate of drug-likeness (QED) is 0.625. The molecule has 1 aromatic heterocycles. The van der Waals surface area contributed by atoms with Crippen molar-refractivity contribution in [2.24, 2.45) is 12.0 Å². The number of hydrogen-bond donors (Lipinski definition) is 0. The monoisotopic (exact) mass is 287 g/mol. The molecule has 106 valence electrons. The van der Waals surface area contributed by atoms with Crippen molar-refractivity contribution in [2.45, 2.75) is 26.2 Å². The summed E-state index contributed by atoms with van der Waals surface area (Å²) in [5.74, 6) is 0.949. The number of aliphatic imine (C=N–C) groups is 1. The van der Waals surface area contributed by atoms with Crippen LogP contribution in [0.3, 0.4) is 0 Å². The molecule has 0 saturated heterocycles. The van der Waals surface area contributed by atoms with Gasteiger partial charge < -0.3 is 4.43 Å². The van der Waals surface area contributed by atoms with Crippen LogP contribution in [-0.4, -0.2) is 24.3 Å². The van der Waals surface area contributed by atoms with Crippen LogP contribution in [0.25, 0.3) is 0 Å². The summed E-state index contributed by atoms with van der Waals surface area (Å²) in [6, 6.07) is 10.0. The van der Waals surface area contributed by atoms with E-state index in [1.54, 1.807) is 10.9 Å². The number of para-hydroxylation sites is 1. The van der Waals surface area contributed by atoms with Crippen molar-refractivity contribution in [1.82, 2.24) is 9.78 Å². The molecular weight excluding hydrogens is 266 g/mol. The molecule has 0 N–H and O–H groups in total. The fraction of sp³-hybridized carbons (Fsp3) is 0.333. The van der Waals surface area contributed by atoms with Gasteiger partial charge in [0.2, 0.25) is 8.32 Å². The first-order valence-corrected chi connectivity index (χ1v) is 10.1. The van der Waals surface area contributed by atoms with Crippen LogP contribution in [0.1, 0.15) is 11.3 Å². The van der Waals surface area contributed by atoms with Gasteiger partial charge in [0.25, 0.3) is 0 Å². The second-order valence-electron chi connectivity index (χ2n) is 5.71. The van der Waals surface area contributed by atoms with Crippen LogP contribution >= 0.6 is 0 Å². The first kappa shape index (κ1) is 14.5. The van der Waals surface area contributed by atoms with Crippen molar-refractivity contribution in [3.05, 3.63) is 47.8 Å². The fourth-order valence-electron chi connectivity index (χ4n) is 1.80. The lowest BCUT2D eigenvalue weighted by molar-refractivity contribution is 0.549. The van der Waals surface area contributed by atoms with E-state index in [9.17, 15) is 0 Å². The Morgan fingerprint density at radius 3 is 2.65 bits per heavy atom. The first-order chi connectivity index (χ1) is 9.44. The average molecular weight is 287 g/mol. The molecule has 0 spiro atoms. The highest BCUT2D eigenvalue weighted by atomic mass is 28.4. The summed E-state index contributed by atoms with van der Waals surface area (Å²) in [7, 11) is 0.300. The van der Waals surface area contributed by atoms with Gasteiger partial charge in [-0.2, -0.15) is 5.10 Å². The zero-order valence-corrected chi connectivity index (χ0v) is 13.5. The minimum atomic E-state index is -1.60. The van der Waals surface area contributed by atoms with Crippen molar-refractivity contribution < 1.29 is 4.43 Å². The molecule has 0 bridgehead atoms. The van der Waals surface area contributed by atoms with Crippen LogP contribution in [0.5, 0.6) is 5.75 Å². The van der Waals surface area contributed by atoms with E-state index in [4.69, 9.17) is 4.43 Å². The van der Waals surface area contributed by atoms with E-state index in [1.807, 2.05) is 37.5 Å². The SMILES string of the molecule is Cn1ccc(C=NCc2ccccc2O[Si](C)(C)C)n1. The highest BCUT2D eigenvalue weighted by Gasteiger charge is 2.17. The molecule has 0 fully saturated rings. The van der Waals surface area contributed by atoms with E-state index in [2.05, 4.69) is 35.8 Å². The lowest BCUT2D eigenvalue weighted by Gasteiger charge is -2.21. The molecule has 2 aromatic rings. The molecule has 0 unspecified atom stereocenters. The maximum absolute atomic E-state index is 6.08. The maximum Gasteiger partial charge on any atom is 0.242 e. The molecule has 0 aliphatic carbocycles. The van der Waals surface area contributed by atoms with E-state index in [1.165, 1.54) is 0 Å². The number of benzene rings is 1. The van der Waals surface area contributed by atoms with E-state index < -0.39 is 8.32 Å². The molecule has 1 heterocycles. The smallest absolute Gasteiger partial charge is 0.242 e. The van der Waals surface area contributed by atoms with Gasteiger partial charge in [-0.05, 0) is 31.8 Å². The maximum atomic E-state index is 6.08. The number of aromatic nitrogens is 2. The Morgan fingerprint density at radius 1 is 1.25 bits per heavy atom. The number of rotatable bonds is 5. The van der Waals surface area contributed by atoms with E-state index in [0.717, 1.165) is 17.0 Å². The first-order valence-electron chi connectivity index (χ1n) is 6.70. The van der Waals surface area contributed by atoms with Crippen LogP contribution in [0.15, 0.2) is 41.5 Å². The number of nitrogens with zero attached hydrogens (tertiary/aromatic N) is 3. The lowest BCUT2D eigenvalue weighted by Crippen LogP contribution is -2.29. The normalized spacial score (nSPS) is 12.0. The molecule has 0 saturated carbocycles. The van der Waals surface area contributed by atoms with Crippen LogP contribution in [0.2, 0.25) is 19.6 Å². The second-order valence-corrected chi connectivity index (χ2v) is 10.1. The van der Waals surface area contributed by atoms with Gasteiger partial charge in [0.1, 0.15) is 11.4 Å². The van der Waals surface area contributed by atoms with Crippen molar-refractivity contribution in [2.75, 3.05) is 0 Å². The van der Waals surface area contributed by atoms with Gasteiger partial charge in [0, 0.05) is 25.0 Å². The number of aryl methyl sites for hydroxylation is 1. The molecular formula is C15H21N3OSi. The van der Waals surface area contributed by atoms with E-state index in [0.29, 0.717) is 6.54 Å². The third-order valence-corrected chi connectivity index (χ3v) is 3.44. The lowest BCUT2D eigenvalue weighted by atomic mass is 10.2. The molecule has 0 radical (unpaired) electrons. The Morgan fingerprint density at radius 2 is 2.00 bits per heavy atom. The van der Waals surface area contributed by atoms with Crippen molar-refractivity contribution in [3.63, 3.8) is 0 Å². The molecule has 2 rings (SSSR count). The third-order valence-electron chi connectivity index (χ3n) is 2.61. The predicted octanol–water partition coefficient (Wildman–Crippen LogP) is 3.25. The van der Waals surface area contributed by atoms with Gasteiger partial charge in [0.05, 0.1) is 6.54 Å². The summed E-state index contributed by atoms with van der Waals surface area (Å²) in [6.07, 6.45) is 3.70. The molecule has 0 atom stereocenters. The van der Waals surface area contributed by atoms with Crippen molar-refractivity contribution >= 4 is 14.5 Å². The Balaban J connectivity index is 2.07. The summed E-state index contributed by atoms with van der Waals surface area (Å²) in [6.45, 7) is 7.15. The zero-order chi connectivity index (χ0) is 14.6. The predicted molar refractivity (Wildman–Crippen MR) is 84.9 cm³/mol. The van der Waals surface area contributed by atoms with Crippen LogP contribution in [-0.2, 0) is 13.6 Å². The van der Waals surface area contributed by atoms with Crippen LogP contribution < -0.4 is 4.43 Å². The Bertz CT molecular complexity index is 599. The molecule has 5 heteroatoms. The summed E-state index contributed by atoms with van der Waals surface area (Å²) >= 11 is 0. The highest BCUT2D eigenvalue weighted by Crippen LogP contribution is 2.22. The van der Waals surface area contributed by atoms with E-state index >= 15 is 0 Å². The van der Waals surface area contributed by atoms with E-state index in [-0.39, 0.29) is 0 Å². The second kappa shape index (κ2) is 6.05. The van der Waals surface area contributed by atoms with Gasteiger partial charge in [-0.15, -0.1) is 0 Å². The van der Waals surface area contributed by atoms with Gasteiger partial charge in [-0.1, -0.05) is 18.2 Å². The summed E-state index contributed by atoms with van der Waals surface area (Å²) < 4.78 is 7.85. The van der Waals surface area contributed by atoms with Crippen LogP contribution in [0, 0.1) is 0 Å². The molecule has 4 nitrogen and oxygen atoms in total. The van der Waals surface area contributed by atoms with Crippen molar-refractivity contribution in [1.29, 1.82) is 0 Å². The highest BCUT2D eigenvalue weighted by molar-refractivity contribution is 6.70. The Kier molecular flexibility index (Phi) is 4.39. The Labute approximate surface area is 121 Å². The molecule has 1 aromatic carbocycles. The summed E-state index contributed by atoms with van der Waals surface area (Å²) in [4.78, 5) is 4.45. The summed E-state index contributed by atoms with van der Waals surface area (Å²) in [5.41, 5.74) is 1.98. The molecule has 0 aliphatic heterocycles. The zero-order valence-electron chi connectivity index (χ0n) is 12.5. The third kappa shape index (κ3) is 4.34. The van der Waals surface area contributed by atoms with Crippen molar-refractivity contribution in [3.8, 4) is 5.75 Å². The number of hydrogen-bond acceptors (Lipinski definition) is 3. The van der Waals surface area contributed by atoms with Gasteiger partial charge in [0.15, 0.2) is 0 Å². The van der Waals surface area contributed by atoms with Crippen LogP contribution in [0.4, 0.5) is 0 Å². The Hall–Kier alpha value is -1.88. The molecule has 0 aliphatic rings. The minimum Gasteiger partial charge on any atom is -0.544 e. The minimum absolute atomic E-state index is 0.608. The van der Waals surface area contributed by atoms with Gasteiger partial charge >= 0.3 is 0 Å². The molecule has 0 amide bonds. The van der Waals surface area contributed by atoms with Gasteiger partial charge in [-0.25, -0.2) is 0 Å². The standard InChI is InChI=1S/C15H21N3OSi/c1-18-10-9-14(17-18)12-16-11-13-7-5-6-8-15(13)19-20(2,3)4/h5-10,12H,11H2,1-4H3. The summed E-state index contributed by atoms with van der Waals surface area (Å²) in [5, 5.41) is 4.27. The largest absolute Gasteiger partial charge is 0.544 e. The average Bonchev–Trinajstić information content (AvgIpc) is 2.75. The topological polar surface area (TPSA) is 39.4 Å². The fourth-order valence-corrected chi connectivity index (χ4v) is 2.66.